The van der Waals surface area contributed by atoms with Crippen molar-refractivity contribution in [3.8, 4) is 5.75 Å². The summed E-state index contributed by atoms with van der Waals surface area (Å²) in [7, 11) is 0. The Balaban J connectivity index is 2.69. The van der Waals surface area contributed by atoms with Crippen LogP contribution in [0.3, 0.4) is 0 Å². The van der Waals surface area contributed by atoms with Crippen LogP contribution in [-0.2, 0) is 4.79 Å². The van der Waals surface area contributed by atoms with Gasteiger partial charge in [-0.2, -0.15) is 0 Å². The Bertz CT molecular complexity index is 459. The molecule has 0 aliphatic carbocycles. The molecule has 6 heteroatoms. The molecule has 98 valence electrons. The number of aromatic carboxylic acids is 1. The van der Waals surface area contributed by atoms with Crippen LogP contribution in [0, 0.1) is 3.57 Å². The van der Waals surface area contributed by atoms with E-state index in [0.717, 1.165) is 3.57 Å². The van der Waals surface area contributed by atoms with E-state index in [0.29, 0.717) is 5.75 Å². The third-order valence-corrected chi connectivity index (χ3v) is 2.88. The Labute approximate surface area is 119 Å². The molecule has 0 aromatic heterocycles. The van der Waals surface area contributed by atoms with Gasteiger partial charge in [-0.05, 0) is 54.6 Å². The highest BCUT2D eigenvalue weighted by Gasteiger charge is 2.10. The number of halogens is 1. The summed E-state index contributed by atoms with van der Waals surface area (Å²) >= 11 is 2.02. The average Bonchev–Trinajstić information content (AvgIpc) is 2.26. The van der Waals surface area contributed by atoms with Crippen molar-refractivity contribution in [2.45, 2.75) is 19.9 Å². The smallest absolute Gasteiger partial charge is 0.335 e. The van der Waals surface area contributed by atoms with E-state index in [4.69, 9.17) is 9.84 Å². The van der Waals surface area contributed by atoms with Gasteiger partial charge in [0.2, 0.25) is 0 Å². The normalized spacial score (nSPS) is 10.2. The number of hydrogen-bond donors (Lipinski definition) is 2. The van der Waals surface area contributed by atoms with Gasteiger partial charge in [-0.15, -0.1) is 0 Å². The molecule has 1 aromatic carbocycles. The zero-order valence-corrected chi connectivity index (χ0v) is 12.2. The largest absolute Gasteiger partial charge is 0.483 e. The SMILES string of the molecule is CC(C)NC(=O)COc1cc(C(=O)O)ccc1I. The second-order valence-corrected chi connectivity index (χ2v) is 5.12. The summed E-state index contributed by atoms with van der Waals surface area (Å²) in [4.78, 5) is 22.2. The standard InChI is InChI=1S/C12H14INO4/c1-7(2)14-11(15)6-18-10-5-8(12(16)17)3-4-9(10)13/h3-5,7H,6H2,1-2H3,(H,14,15)(H,16,17). The third-order valence-electron chi connectivity index (χ3n) is 1.99. The van der Waals surface area contributed by atoms with E-state index < -0.39 is 5.97 Å². The highest BCUT2D eigenvalue weighted by Crippen LogP contribution is 2.22. The van der Waals surface area contributed by atoms with E-state index in [1.54, 1.807) is 6.07 Å². The van der Waals surface area contributed by atoms with Crippen molar-refractivity contribution in [2.24, 2.45) is 0 Å². The molecule has 0 spiro atoms. The third kappa shape index (κ3) is 4.52. The fourth-order valence-corrected chi connectivity index (χ4v) is 1.75. The van der Waals surface area contributed by atoms with Crippen LogP contribution < -0.4 is 10.1 Å². The Hall–Kier alpha value is -1.31. The van der Waals surface area contributed by atoms with Gasteiger partial charge in [0, 0.05) is 6.04 Å². The number of nitrogens with one attached hydrogen (secondary N) is 1. The number of carbonyl (C=O) groups excluding carboxylic acids is 1. The lowest BCUT2D eigenvalue weighted by molar-refractivity contribution is -0.123. The van der Waals surface area contributed by atoms with Crippen molar-refractivity contribution in [3.63, 3.8) is 0 Å². The van der Waals surface area contributed by atoms with Crippen molar-refractivity contribution < 1.29 is 19.4 Å². The van der Waals surface area contributed by atoms with E-state index in [9.17, 15) is 9.59 Å². The van der Waals surface area contributed by atoms with Crippen molar-refractivity contribution in [3.05, 3.63) is 27.3 Å². The maximum Gasteiger partial charge on any atom is 0.335 e. The lowest BCUT2D eigenvalue weighted by Gasteiger charge is -2.11. The molecule has 0 saturated heterocycles. The minimum Gasteiger partial charge on any atom is -0.483 e. The zero-order valence-electron chi connectivity index (χ0n) is 10.1. The van der Waals surface area contributed by atoms with Crippen LogP contribution in [0.5, 0.6) is 5.75 Å². The van der Waals surface area contributed by atoms with Crippen molar-refractivity contribution in [1.29, 1.82) is 0 Å². The summed E-state index contributed by atoms with van der Waals surface area (Å²) < 4.78 is 6.07. The first-order valence-corrected chi connectivity index (χ1v) is 6.43. The van der Waals surface area contributed by atoms with E-state index >= 15 is 0 Å². The predicted octanol–water partition coefficient (Wildman–Crippen LogP) is 1.89. The fraction of sp³-hybridized carbons (Fsp3) is 0.333. The van der Waals surface area contributed by atoms with Crippen molar-refractivity contribution >= 4 is 34.5 Å². The Morgan fingerprint density at radius 2 is 2.11 bits per heavy atom. The lowest BCUT2D eigenvalue weighted by Crippen LogP contribution is -2.34. The number of hydrogen-bond acceptors (Lipinski definition) is 3. The van der Waals surface area contributed by atoms with Gasteiger partial charge >= 0.3 is 5.97 Å². The average molecular weight is 363 g/mol. The molecule has 5 nitrogen and oxygen atoms in total. The number of benzene rings is 1. The van der Waals surface area contributed by atoms with Crippen LogP contribution in [0.4, 0.5) is 0 Å². The molecular weight excluding hydrogens is 349 g/mol. The molecule has 1 aromatic rings. The molecule has 0 aliphatic rings. The summed E-state index contributed by atoms with van der Waals surface area (Å²) in [5, 5.41) is 11.5. The summed E-state index contributed by atoms with van der Waals surface area (Å²) in [6, 6.07) is 4.59. The van der Waals surface area contributed by atoms with Gasteiger partial charge in [-0.1, -0.05) is 0 Å². The van der Waals surface area contributed by atoms with Gasteiger partial charge in [-0.25, -0.2) is 4.79 Å². The van der Waals surface area contributed by atoms with Gasteiger partial charge in [-0.3, -0.25) is 4.79 Å². The number of rotatable bonds is 5. The van der Waals surface area contributed by atoms with Gasteiger partial charge in [0.15, 0.2) is 6.61 Å². The number of carboxylic acid groups (broad SMARTS) is 1. The second kappa shape index (κ2) is 6.58. The van der Waals surface area contributed by atoms with E-state index in [1.807, 2.05) is 36.4 Å². The highest BCUT2D eigenvalue weighted by molar-refractivity contribution is 14.1. The maximum absolute atomic E-state index is 11.4. The van der Waals surface area contributed by atoms with E-state index in [-0.39, 0.29) is 24.1 Å². The van der Waals surface area contributed by atoms with Gasteiger partial charge < -0.3 is 15.2 Å². The minimum atomic E-state index is -1.03. The maximum atomic E-state index is 11.4. The number of carboxylic acids is 1. The molecule has 0 aliphatic heterocycles. The van der Waals surface area contributed by atoms with Crippen LogP contribution in [0.15, 0.2) is 18.2 Å². The first kappa shape index (κ1) is 14.7. The molecule has 0 unspecified atom stereocenters. The summed E-state index contributed by atoms with van der Waals surface area (Å²) in [5.74, 6) is -0.862. The second-order valence-electron chi connectivity index (χ2n) is 3.96. The van der Waals surface area contributed by atoms with E-state index in [2.05, 4.69) is 5.32 Å². The summed E-state index contributed by atoms with van der Waals surface area (Å²) in [5.41, 5.74) is 0.134. The molecule has 0 bridgehead atoms. The van der Waals surface area contributed by atoms with Crippen LogP contribution in [0.25, 0.3) is 0 Å². The predicted molar refractivity (Wildman–Crippen MR) is 74.9 cm³/mol. The van der Waals surface area contributed by atoms with Gasteiger partial charge in [0.05, 0.1) is 9.13 Å². The zero-order chi connectivity index (χ0) is 13.7. The number of amides is 1. The first-order chi connectivity index (χ1) is 8.40. The number of carbonyl (C=O) groups is 2. The molecule has 0 fully saturated rings. The Kier molecular flexibility index (Phi) is 5.39. The first-order valence-electron chi connectivity index (χ1n) is 5.35. The molecule has 1 rings (SSSR count). The topological polar surface area (TPSA) is 75.6 Å². The molecule has 18 heavy (non-hydrogen) atoms. The van der Waals surface area contributed by atoms with Gasteiger partial charge in [0.1, 0.15) is 5.75 Å². The minimum absolute atomic E-state index is 0.0468. The van der Waals surface area contributed by atoms with Crippen molar-refractivity contribution in [2.75, 3.05) is 6.61 Å². The Morgan fingerprint density at radius 3 is 2.67 bits per heavy atom. The van der Waals surface area contributed by atoms with Crippen LogP contribution in [0.1, 0.15) is 24.2 Å². The van der Waals surface area contributed by atoms with Gasteiger partial charge in [0.25, 0.3) is 5.91 Å². The number of ether oxygens (including phenoxy) is 1. The molecular formula is C12H14INO4. The lowest BCUT2D eigenvalue weighted by atomic mass is 10.2. The molecule has 0 radical (unpaired) electrons. The molecule has 1 amide bonds. The quantitative estimate of drug-likeness (QED) is 0.784. The molecule has 2 N–H and O–H groups in total. The molecule has 0 atom stereocenters. The Morgan fingerprint density at radius 1 is 1.44 bits per heavy atom. The molecule has 0 heterocycles. The van der Waals surface area contributed by atoms with Crippen molar-refractivity contribution in [1.82, 2.24) is 5.32 Å². The van der Waals surface area contributed by atoms with E-state index in [1.165, 1.54) is 12.1 Å². The monoisotopic (exact) mass is 363 g/mol. The van der Waals surface area contributed by atoms with Crippen LogP contribution in [0.2, 0.25) is 0 Å². The highest BCUT2D eigenvalue weighted by atomic mass is 127. The molecule has 0 saturated carbocycles. The summed E-state index contributed by atoms with van der Waals surface area (Å²) in [6.07, 6.45) is 0. The summed E-state index contributed by atoms with van der Waals surface area (Å²) in [6.45, 7) is 3.58. The fourth-order valence-electron chi connectivity index (χ4n) is 1.25. The van der Waals surface area contributed by atoms with Crippen LogP contribution in [-0.4, -0.2) is 29.6 Å². The van der Waals surface area contributed by atoms with Crippen LogP contribution >= 0.6 is 22.6 Å².